The molecule has 2 aromatic carbocycles. The van der Waals surface area contributed by atoms with Gasteiger partial charge in [0.05, 0.1) is 30.8 Å². The van der Waals surface area contributed by atoms with Gasteiger partial charge in [-0.3, -0.25) is 4.79 Å². The average Bonchev–Trinajstić information content (AvgIpc) is 2.98. The van der Waals surface area contributed by atoms with Crippen molar-refractivity contribution in [2.24, 2.45) is 0 Å². The zero-order valence-corrected chi connectivity index (χ0v) is 14.1. The molecule has 2 N–H and O–H groups in total. The third kappa shape index (κ3) is 3.80. The van der Waals surface area contributed by atoms with E-state index in [4.69, 9.17) is 9.84 Å². The van der Waals surface area contributed by atoms with Gasteiger partial charge in [0.1, 0.15) is 5.75 Å². The second-order valence-corrected chi connectivity index (χ2v) is 5.54. The molecule has 0 atom stereocenters. The number of imidazole rings is 1. The van der Waals surface area contributed by atoms with E-state index in [1.807, 2.05) is 35.8 Å². The number of nitrogens with zero attached hydrogens (tertiary/aromatic N) is 2. The van der Waals surface area contributed by atoms with E-state index in [0.29, 0.717) is 24.7 Å². The summed E-state index contributed by atoms with van der Waals surface area (Å²) in [6.45, 7) is 3.05. The number of benzene rings is 2. The Morgan fingerprint density at radius 2 is 1.96 bits per heavy atom. The molecule has 0 amide bonds. The lowest BCUT2D eigenvalue weighted by molar-refractivity contribution is 0.0974. The number of anilines is 1. The van der Waals surface area contributed by atoms with E-state index in [2.05, 4.69) is 10.3 Å². The molecule has 0 aliphatic carbocycles. The fourth-order valence-electron chi connectivity index (χ4n) is 2.68. The zero-order valence-electron chi connectivity index (χ0n) is 14.1. The number of ether oxygens (including phenoxy) is 1. The first-order valence-electron chi connectivity index (χ1n) is 8.29. The van der Waals surface area contributed by atoms with Crippen LogP contribution in [0.2, 0.25) is 0 Å². The maximum Gasteiger partial charge on any atom is 0.204 e. The van der Waals surface area contributed by atoms with Crippen LogP contribution in [0.3, 0.4) is 0 Å². The minimum absolute atomic E-state index is 0.00393. The van der Waals surface area contributed by atoms with Gasteiger partial charge in [0.15, 0.2) is 5.78 Å². The van der Waals surface area contributed by atoms with Crippen molar-refractivity contribution >= 4 is 22.8 Å². The number of carbonyl (C=O) groups is 1. The molecule has 25 heavy (non-hydrogen) atoms. The second-order valence-electron chi connectivity index (χ2n) is 5.54. The van der Waals surface area contributed by atoms with Gasteiger partial charge in [-0.1, -0.05) is 12.1 Å². The van der Waals surface area contributed by atoms with Crippen LogP contribution in [0.25, 0.3) is 11.0 Å². The fourth-order valence-corrected chi connectivity index (χ4v) is 2.68. The number of nitrogens with one attached hydrogen (secondary N) is 1. The molecule has 0 fully saturated rings. The highest BCUT2D eigenvalue weighted by atomic mass is 16.5. The Labute approximate surface area is 146 Å². The molecule has 6 nitrogen and oxygen atoms in total. The van der Waals surface area contributed by atoms with Crippen molar-refractivity contribution in [2.45, 2.75) is 13.5 Å². The highest BCUT2D eigenvalue weighted by Crippen LogP contribution is 2.21. The molecule has 3 aromatic rings. The summed E-state index contributed by atoms with van der Waals surface area (Å²) < 4.78 is 7.24. The van der Waals surface area contributed by atoms with E-state index >= 15 is 0 Å². The lowest BCUT2D eigenvalue weighted by Gasteiger charge is -2.10. The SMILES string of the molecule is CCOc1ccc(C(=O)Cn2c(NCCO)nc3ccccc32)cc1. The number of rotatable bonds is 8. The number of carbonyl (C=O) groups excluding carboxylic acids is 1. The molecule has 0 unspecified atom stereocenters. The largest absolute Gasteiger partial charge is 0.494 e. The molecule has 6 heteroatoms. The van der Waals surface area contributed by atoms with E-state index in [9.17, 15) is 4.79 Å². The van der Waals surface area contributed by atoms with Gasteiger partial charge in [0, 0.05) is 12.1 Å². The van der Waals surface area contributed by atoms with Gasteiger partial charge in [-0.25, -0.2) is 4.98 Å². The summed E-state index contributed by atoms with van der Waals surface area (Å²) in [5, 5.41) is 12.1. The van der Waals surface area contributed by atoms with Crippen LogP contribution in [-0.4, -0.2) is 40.2 Å². The van der Waals surface area contributed by atoms with Gasteiger partial charge in [-0.15, -0.1) is 0 Å². The fraction of sp³-hybridized carbons (Fsp3) is 0.263. The van der Waals surface area contributed by atoms with Crippen molar-refractivity contribution in [2.75, 3.05) is 25.1 Å². The van der Waals surface area contributed by atoms with Gasteiger partial charge in [-0.2, -0.15) is 0 Å². The van der Waals surface area contributed by atoms with Gasteiger partial charge in [0.25, 0.3) is 0 Å². The van der Waals surface area contributed by atoms with Crippen LogP contribution in [0.15, 0.2) is 48.5 Å². The van der Waals surface area contributed by atoms with Crippen LogP contribution in [0, 0.1) is 0 Å². The van der Waals surface area contributed by atoms with Gasteiger partial charge < -0.3 is 19.7 Å². The Morgan fingerprint density at radius 1 is 1.20 bits per heavy atom. The first-order chi connectivity index (χ1) is 12.2. The van der Waals surface area contributed by atoms with Crippen LogP contribution in [0.4, 0.5) is 5.95 Å². The van der Waals surface area contributed by atoms with E-state index in [1.165, 1.54) is 0 Å². The number of hydrogen-bond donors (Lipinski definition) is 2. The van der Waals surface area contributed by atoms with Crippen LogP contribution in [-0.2, 0) is 6.54 Å². The van der Waals surface area contributed by atoms with Crippen LogP contribution < -0.4 is 10.1 Å². The Hall–Kier alpha value is -2.86. The van der Waals surface area contributed by atoms with E-state index in [0.717, 1.165) is 16.8 Å². The quantitative estimate of drug-likeness (QED) is 0.617. The van der Waals surface area contributed by atoms with Crippen molar-refractivity contribution in [3.8, 4) is 5.75 Å². The molecular weight excluding hydrogens is 318 g/mol. The van der Waals surface area contributed by atoms with Crippen molar-refractivity contribution in [1.82, 2.24) is 9.55 Å². The summed E-state index contributed by atoms with van der Waals surface area (Å²) in [5.74, 6) is 1.31. The molecule has 130 valence electrons. The van der Waals surface area contributed by atoms with Crippen LogP contribution in [0.5, 0.6) is 5.75 Å². The Morgan fingerprint density at radius 3 is 2.68 bits per heavy atom. The standard InChI is InChI=1S/C19H21N3O3/c1-2-25-15-9-7-14(8-10-15)18(24)13-22-17-6-4-3-5-16(17)21-19(22)20-11-12-23/h3-10,23H,2,11-13H2,1H3,(H,20,21). The summed E-state index contributed by atoms with van der Waals surface area (Å²) in [5.41, 5.74) is 2.30. The molecule has 0 bridgehead atoms. The molecule has 0 aliphatic rings. The van der Waals surface area contributed by atoms with Gasteiger partial charge in [-0.05, 0) is 43.3 Å². The summed E-state index contributed by atoms with van der Waals surface area (Å²) >= 11 is 0. The molecule has 1 aromatic heterocycles. The minimum Gasteiger partial charge on any atom is -0.494 e. The maximum absolute atomic E-state index is 12.7. The van der Waals surface area contributed by atoms with Crippen molar-refractivity contribution in [3.05, 3.63) is 54.1 Å². The Balaban J connectivity index is 1.86. The summed E-state index contributed by atoms with van der Waals surface area (Å²) in [6, 6.07) is 14.8. The van der Waals surface area contributed by atoms with Crippen molar-refractivity contribution < 1.29 is 14.6 Å². The first-order valence-corrected chi connectivity index (χ1v) is 8.29. The molecular formula is C19H21N3O3. The zero-order chi connectivity index (χ0) is 17.6. The molecule has 0 spiro atoms. The summed E-state index contributed by atoms with van der Waals surface area (Å²) in [4.78, 5) is 17.2. The van der Waals surface area contributed by atoms with Crippen molar-refractivity contribution in [1.29, 1.82) is 0 Å². The molecule has 0 aliphatic heterocycles. The highest BCUT2D eigenvalue weighted by Gasteiger charge is 2.14. The monoisotopic (exact) mass is 339 g/mol. The number of fused-ring (bicyclic) bond motifs is 1. The number of hydrogen-bond acceptors (Lipinski definition) is 5. The maximum atomic E-state index is 12.7. The number of ketones is 1. The summed E-state index contributed by atoms with van der Waals surface area (Å²) in [6.07, 6.45) is 0. The predicted octanol–water partition coefficient (Wildman–Crippen LogP) is 2.72. The number of aliphatic hydroxyl groups is 1. The smallest absolute Gasteiger partial charge is 0.204 e. The number of aliphatic hydroxyl groups excluding tert-OH is 1. The van der Waals surface area contributed by atoms with E-state index < -0.39 is 0 Å². The van der Waals surface area contributed by atoms with Gasteiger partial charge >= 0.3 is 0 Å². The minimum atomic E-state index is -0.0155. The molecule has 0 radical (unpaired) electrons. The molecule has 0 saturated heterocycles. The summed E-state index contributed by atoms with van der Waals surface area (Å²) in [7, 11) is 0. The molecule has 0 saturated carbocycles. The number of aromatic nitrogens is 2. The lowest BCUT2D eigenvalue weighted by Crippen LogP contribution is -2.15. The third-order valence-corrected chi connectivity index (χ3v) is 3.84. The molecule has 1 heterocycles. The first kappa shape index (κ1) is 17.0. The van der Waals surface area contributed by atoms with Crippen molar-refractivity contribution in [3.63, 3.8) is 0 Å². The number of Topliss-reactive ketones (excluding diaryl/α,β-unsaturated/α-hetero) is 1. The topological polar surface area (TPSA) is 76.4 Å². The van der Waals surface area contributed by atoms with E-state index in [1.54, 1.807) is 24.3 Å². The lowest BCUT2D eigenvalue weighted by atomic mass is 10.1. The Bertz CT molecular complexity index is 856. The predicted molar refractivity (Wildman–Crippen MR) is 97.3 cm³/mol. The van der Waals surface area contributed by atoms with Crippen LogP contribution in [0.1, 0.15) is 17.3 Å². The van der Waals surface area contributed by atoms with Gasteiger partial charge in [0.2, 0.25) is 5.95 Å². The third-order valence-electron chi connectivity index (χ3n) is 3.84. The average molecular weight is 339 g/mol. The molecule has 3 rings (SSSR count). The van der Waals surface area contributed by atoms with Crippen LogP contribution >= 0.6 is 0 Å². The highest BCUT2D eigenvalue weighted by molar-refractivity contribution is 5.97. The number of para-hydroxylation sites is 2. The Kier molecular flexibility index (Phi) is 5.30. The van der Waals surface area contributed by atoms with E-state index in [-0.39, 0.29) is 18.9 Å². The normalized spacial score (nSPS) is 10.8. The second kappa shape index (κ2) is 7.81.